The summed E-state index contributed by atoms with van der Waals surface area (Å²) in [6, 6.07) is 4.67. The zero-order valence-electron chi connectivity index (χ0n) is 10.8. The number of ether oxygens (including phenoxy) is 3. The van der Waals surface area contributed by atoms with Gasteiger partial charge < -0.3 is 19.3 Å². The lowest BCUT2D eigenvalue weighted by Crippen LogP contribution is -2.02. The van der Waals surface area contributed by atoms with Crippen LogP contribution in [0.2, 0.25) is 0 Å². The van der Waals surface area contributed by atoms with Crippen molar-refractivity contribution in [2.24, 2.45) is 0 Å². The van der Waals surface area contributed by atoms with Gasteiger partial charge in [0.1, 0.15) is 11.6 Å². The molecule has 1 rings (SSSR count). The maximum atomic E-state index is 11.3. The van der Waals surface area contributed by atoms with E-state index in [4.69, 9.17) is 14.7 Å². The molecule has 19 heavy (non-hydrogen) atoms. The van der Waals surface area contributed by atoms with Gasteiger partial charge in [-0.1, -0.05) is 0 Å². The number of hydrogen-bond acceptors (Lipinski definition) is 6. The number of aromatic hydroxyl groups is 1. The molecule has 0 saturated heterocycles. The van der Waals surface area contributed by atoms with Crippen molar-refractivity contribution in [3.63, 3.8) is 0 Å². The second kappa shape index (κ2) is 6.31. The second-order valence-corrected chi connectivity index (χ2v) is 3.44. The number of carbonyl (C=O) groups is 1. The molecular weight excluding hydrogens is 250 g/mol. The third kappa shape index (κ3) is 3.16. The van der Waals surface area contributed by atoms with Gasteiger partial charge >= 0.3 is 5.97 Å². The summed E-state index contributed by atoms with van der Waals surface area (Å²) < 4.78 is 14.4. The molecule has 6 heteroatoms. The Labute approximate surface area is 110 Å². The lowest BCUT2D eigenvalue weighted by molar-refractivity contribution is -0.135. The van der Waals surface area contributed by atoms with E-state index < -0.39 is 5.97 Å². The molecule has 0 aliphatic rings. The van der Waals surface area contributed by atoms with Crippen LogP contribution in [0.25, 0.3) is 6.08 Å². The van der Waals surface area contributed by atoms with E-state index in [1.165, 1.54) is 39.5 Å². The molecular formula is C13H13NO5. The van der Waals surface area contributed by atoms with Gasteiger partial charge in [0, 0.05) is 0 Å². The summed E-state index contributed by atoms with van der Waals surface area (Å²) in [6.45, 7) is 0. The molecule has 0 aliphatic heterocycles. The predicted octanol–water partition coefficient (Wildman–Crippen LogP) is 1.49. The van der Waals surface area contributed by atoms with Crippen LogP contribution in [-0.2, 0) is 9.53 Å². The summed E-state index contributed by atoms with van der Waals surface area (Å²) >= 11 is 0. The SMILES string of the molecule is COC(=O)/C(C#N)=C/c1cc(OC)c(O)c(OC)c1. The topological polar surface area (TPSA) is 88.8 Å². The Kier molecular flexibility index (Phi) is 4.77. The number of phenolic OH excluding ortho intramolecular Hbond substituents is 1. The van der Waals surface area contributed by atoms with Crippen LogP contribution in [0.15, 0.2) is 17.7 Å². The van der Waals surface area contributed by atoms with Gasteiger partial charge in [0.25, 0.3) is 0 Å². The summed E-state index contributed by atoms with van der Waals surface area (Å²) in [5, 5.41) is 18.6. The Bertz CT molecular complexity index is 532. The van der Waals surface area contributed by atoms with Crippen LogP contribution in [0, 0.1) is 11.3 Å². The largest absolute Gasteiger partial charge is 0.502 e. The molecule has 0 bridgehead atoms. The first-order chi connectivity index (χ1) is 9.07. The Morgan fingerprint density at radius 2 is 1.79 bits per heavy atom. The van der Waals surface area contributed by atoms with Crippen molar-refractivity contribution >= 4 is 12.0 Å². The minimum atomic E-state index is -0.742. The van der Waals surface area contributed by atoms with Crippen LogP contribution in [0.1, 0.15) is 5.56 Å². The van der Waals surface area contributed by atoms with Gasteiger partial charge in [0.2, 0.25) is 5.75 Å². The molecule has 0 amide bonds. The van der Waals surface area contributed by atoms with Crippen molar-refractivity contribution in [2.75, 3.05) is 21.3 Å². The smallest absolute Gasteiger partial charge is 0.348 e. The minimum Gasteiger partial charge on any atom is -0.502 e. The van der Waals surface area contributed by atoms with E-state index in [1.807, 2.05) is 0 Å². The average molecular weight is 263 g/mol. The molecule has 1 aromatic carbocycles. The number of carbonyl (C=O) groups excluding carboxylic acids is 1. The van der Waals surface area contributed by atoms with E-state index in [9.17, 15) is 9.90 Å². The summed E-state index contributed by atoms with van der Waals surface area (Å²) in [6.07, 6.45) is 1.32. The van der Waals surface area contributed by atoms with Crippen molar-refractivity contribution in [1.82, 2.24) is 0 Å². The Morgan fingerprint density at radius 1 is 1.26 bits per heavy atom. The number of esters is 1. The highest BCUT2D eigenvalue weighted by atomic mass is 16.5. The van der Waals surface area contributed by atoms with Crippen LogP contribution >= 0.6 is 0 Å². The Balaban J connectivity index is 3.32. The van der Waals surface area contributed by atoms with Crippen molar-refractivity contribution in [3.05, 3.63) is 23.3 Å². The van der Waals surface area contributed by atoms with E-state index in [1.54, 1.807) is 6.07 Å². The normalized spacial score (nSPS) is 10.5. The lowest BCUT2D eigenvalue weighted by atomic mass is 10.1. The van der Waals surface area contributed by atoms with Gasteiger partial charge in [0.15, 0.2) is 11.5 Å². The highest BCUT2D eigenvalue weighted by Gasteiger charge is 2.13. The molecule has 100 valence electrons. The number of rotatable bonds is 4. The zero-order chi connectivity index (χ0) is 14.4. The fourth-order valence-electron chi connectivity index (χ4n) is 1.41. The molecule has 6 nitrogen and oxygen atoms in total. The highest BCUT2D eigenvalue weighted by molar-refractivity contribution is 5.97. The van der Waals surface area contributed by atoms with Gasteiger partial charge in [-0.05, 0) is 23.8 Å². The van der Waals surface area contributed by atoms with Crippen LogP contribution < -0.4 is 9.47 Å². The molecule has 0 atom stereocenters. The number of nitriles is 1. The number of phenols is 1. The van der Waals surface area contributed by atoms with Crippen LogP contribution in [0.4, 0.5) is 0 Å². The van der Waals surface area contributed by atoms with E-state index in [2.05, 4.69) is 4.74 Å². The first-order valence-corrected chi connectivity index (χ1v) is 5.22. The molecule has 0 aromatic heterocycles. The van der Waals surface area contributed by atoms with Crippen molar-refractivity contribution in [2.45, 2.75) is 0 Å². The molecule has 0 radical (unpaired) electrons. The predicted molar refractivity (Wildman–Crippen MR) is 66.8 cm³/mol. The lowest BCUT2D eigenvalue weighted by Gasteiger charge is -2.09. The summed E-state index contributed by atoms with van der Waals surface area (Å²) in [5.74, 6) is -0.548. The summed E-state index contributed by atoms with van der Waals surface area (Å²) in [7, 11) is 3.95. The molecule has 1 N–H and O–H groups in total. The Hall–Kier alpha value is -2.68. The zero-order valence-corrected chi connectivity index (χ0v) is 10.8. The van der Waals surface area contributed by atoms with Crippen molar-refractivity contribution in [3.8, 4) is 23.3 Å². The van der Waals surface area contributed by atoms with Crippen LogP contribution in [-0.4, -0.2) is 32.4 Å². The first kappa shape index (κ1) is 14.4. The van der Waals surface area contributed by atoms with E-state index >= 15 is 0 Å². The number of benzene rings is 1. The fraction of sp³-hybridized carbons (Fsp3) is 0.231. The molecule has 0 unspecified atom stereocenters. The highest BCUT2D eigenvalue weighted by Crippen LogP contribution is 2.37. The number of hydrogen-bond donors (Lipinski definition) is 1. The summed E-state index contributed by atoms with van der Waals surface area (Å²) in [4.78, 5) is 11.3. The molecule has 0 fully saturated rings. The quantitative estimate of drug-likeness (QED) is 0.503. The summed E-state index contributed by atoms with van der Waals surface area (Å²) in [5.41, 5.74) is 0.297. The number of methoxy groups -OCH3 is 3. The first-order valence-electron chi connectivity index (χ1n) is 5.22. The third-order valence-corrected chi connectivity index (χ3v) is 2.34. The second-order valence-electron chi connectivity index (χ2n) is 3.44. The van der Waals surface area contributed by atoms with Crippen LogP contribution in [0.5, 0.6) is 17.2 Å². The van der Waals surface area contributed by atoms with Gasteiger partial charge in [0.05, 0.1) is 21.3 Å². The van der Waals surface area contributed by atoms with Crippen molar-refractivity contribution < 1.29 is 24.1 Å². The number of nitrogens with zero attached hydrogens (tertiary/aromatic N) is 1. The molecule has 1 aromatic rings. The van der Waals surface area contributed by atoms with E-state index in [0.29, 0.717) is 5.56 Å². The average Bonchev–Trinajstić information content (AvgIpc) is 2.45. The monoisotopic (exact) mass is 263 g/mol. The maximum Gasteiger partial charge on any atom is 0.348 e. The molecule has 0 aliphatic carbocycles. The van der Waals surface area contributed by atoms with Gasteiger partial charge in [-0.25, -0.2) is 4.79 Å². The molecule has 0 spiro atoms. The molecule has 0 saturated carbocycles. The maximum absolute atomic E-state index is 11.3. The van der Waals surface area contributed by atoms with Gasteiger partial charge in [-0.15, -0.1) is 0 Å². The standard InChI is InChI=1S/C13H13NO5/c1-17-10-5-8(6-11(18-2)12(10)15)4-9(7-14)13(16)19-3/h4-6,15H,1-3H3/b9-4+. The van der Waals surface area contributed by atoms with E-state index in [0.717, 1.165) is 0 Å². The molecule has 0 heterocycles. The van der Waals surface area contributed by atoms with Crippen LogP contribution in [0.3, 0.4) is 0 Å². The third-order valence-electron chi connectivity index (χ3n) is 2.34. The van der Waals surface area contributed by atoms with Gasteiger partial charge in [-0.2, -0.15) is 5.26 Å². The Morgan fingerprint density at radius 3 is 2.16 bits per heavy atom. The van der Waals surface area contributed by atoms with Crippen molar-refractivity contribution in [1.29, 1.82) is 5.26 Å². The van der Waals surface area contributed by atoms with Gasteiger partial charge in [-0.3, -0.25) is 0 Å². The van der Waals surface area contributed by atoms with E-state index in [-0.39, 0.29) is 22.8 Å². The minimum absolute atomic E-state index is 0.154. The fourth-order valence-corrected chi connectivity index (χ4v) is 1.41.